The van der Waals surface area contributed by atoms with Crippen molar-refractivity contribution in [2.24, 2.45) is 11.8 Å². The van der Waals surface area contributed by atoms with Gasteiger partial charge in [-0.05, 0) is 72.7 Å². The highest BCUT2D eigenvalue weighted by molar-refractivity contribution is 7.92. The quantitative estimate of drug-likeness (QED) is 0.317. The zero-order valence-corrected chi connectivity index (χ0v) is 25.1. The summed E-state index contributed by atoms with van der Waals surface area (Å²) in [6.07, 6.45) is 1.67. The Kier molecular flexibility index (Phi) is 9.65. The van der Waals surface area contributed by atoms with E-state index in [4.69, 9.17) is 14.2 Å². The van der Waals surface area contributed by atoms with Gasteiger partial charge in [0, 0.05) is 31.3 Å². The topological polar surface area (TPSA) is 106 Å². The molecule has 0 aromatic heterocycles. The number of piperidine rings is 1. The van der Waals surface area contributed by atoms with Crippen molar-refractivity contribution in [3.8, 4) is 17.2 Å². The Balaban J connectivity index is 1.62. The van der Waals surface area contributed by atoms with Crippen LogP contribution in [0, 0.1) is 11.8 Å². The Morgan fingerprint density at radius 3 is 2.32 bits per heavy atom. The average Bonchev–Trinajstić information content (AvgIpc) is 2.96. The van der Waals surface area contributed by atoms with Crippen LogP contribution in [0.3, 0.4) is 0 Å². The number of carbonyl (C=O) groups is 1. The van der Waals surface area contributed by atoms with E-state index in [1.54, 1.807) is 50.6 Å². The molecule has 1 fully saturated rings. The van der Waals surface area contributed by atoms with E-state index >= 15 is 0 Å². The van der Waals surface area contributed by atoms with Crippen LogP contribution in [-0.2, 0) is 16.4 Å². The second-order valence-electron chi connectivity index (χ2n) is 10.6. The second kappa shape index (κ2) is 13.2. The van der Waals surface area contributed by atoms with Crippen molar-refractivity contribution in [1.82, 2.24) is 4.90 Å². The summed E-state index contributed by atoms with van der Waals surface area (Å²) < 4.78 is 46.0. The van der Waals surface area contributed by atoms with E-state index in [0.29, 0.717) is 72.1 Å². The summed E-state index contributed by atoms with van der Waals surface area (Å²) in [5, 5.41) is 3.26. The molecule has 0 aliphatic carbocycles. The minimum absolute atomic E-state index is 0.00316. The highest BCUT2D eigenvalue weighted by atomic mass is 32.2. The lowest BCUT2D eigenvalue weighted by Crippen LogP contribution is -2.42. The SMILES string of the molecule is COc1cccc(NS(=O)(=O)c2cc(C(=O)N3C[C@H](C)C[C@H](C)C3)ccc2NCCc2ccc(OC)c(OC)c2)c1. The number of hydrogen-bond donors (Lipinski definition) is 2. The summed E-state index contributed by atoms with van der Waals surface area (Å²) in [6.45, 7) is 6.02. The molecule has 4 rings (SSSR count). The normalized spacial score (nSPS) is 17.0. The van der Waals surface area contributed by atoms with Crippen LogP contribution in [0.4, 0.5) is 11.4 Å². The first kappa shape index (κ1) is 30.0. The van der Waals surface area contributed by atoms with Gasteiger partial charge in [0.15, 0.2) is 11.5 Å². The number of ether oxygens (including phenoxy) is 3. The van der Waals surface area contributed by atoms with Crippen LogP contribution in [0.15, 0.2) is 65.6 Å². The Bertz CT molecular complexity index is 1470. The third-order valence-electron chi connectivity index (χ3n) is 7.17. The van der Waals surface area contributed by atoms with Gasteiger partial charge in [0.05, 0.1) is 32.7 Å². The fourth-order valence-electron chi connectivity index (χ4n) is 5.31. The monoisotopic (exact) mass is 581 g/mol. The van der Waals surface area contributed by atoms with Crippen LogP contribution in [0.2, 0.25) is 0 Å². The standard InChI is InChI=1S/C31H39N3O6S/c1-21-15-22(2)20-34(19-21)31(35)24-10-11-27(32-14-13-23-9-12-28(39-4)29(16-23)40-5)30(17-24)41(36,37)33-25-7-6-8-26(18-25)38-3/h6-12,16-18,21-22,32-33H,13-15,19-20H2,1-5H3/t21-,22+. The van der Waals surface area contributed by atoms with Gasteiger partial charge in [-0.25, -0.2) is 8.42 Å². The summed E-state index contributed by atoms with van der Waals surface area (Å²) in [7, 11) is 0.620. The second-order valence-corrected chi connectivity index (χ2v) is 12.2. The molecular weight excluding hydrogens is 542 g/mol. The van der Waals surface area contributed by atoms with Gasteiger partial charge in [-0.2, -0.15) is 0 Å². The minimum atomic E-state index is -4.07. The Labute approximate surface area is 242 Å². The molecule has 220 valence electrons. The maximum absolute atomic E-state index is 13.7. The number of nitrogens with zero attached hydrogens (tertiary/aromatic N) is 1. The molecule has 3 aromatic rings. The molecule has 1 heterocycles. The highest BCUT2D eigenvalue weighted by Crippen LogP contribution is 2.30. The van der Waals surface area contributed by atoms with Gasteiger partial charge in [-0.3, -0.25) is 9.52 Å². The van der Waals surface area contributed by atoms with E-state index in [1.165, 1.54) is 13.2 Å². The van der Waals surface area contributed by atoms with Crippen molar-refractivity contribution in [3.05, 3.63) is 71.8 Å². The molecule has 1 amide bonds. The molecule has 1 aliphatic heterocycles. The Hall–Kier alpha value is -3.92. The zero-order chi connectivity index (χ0) is 29.6. The number of nitrogens with one attached hydrogen (secondary N) is 2. The summed E-state index contributed by atoms with van der Waals surface area (Å²) in [5.41, 5.74) is 2.09. The van der Waals surface area contributed by atoms with Crippen molar-refractivity contribution in [3.63, 3.8) is 0 Å². The lowest BCUT2D eigenvalue weighted by molar-refractivity contribution is 0.0623. The lowest BCUT2D eigenvalue weighted by atomic mass is 9.91. The lowest BCUT2D eigenvalue weighted by Gasteiger charge is -2.35. The Morgan fingerprint density at radius 1 is 0.902 bits per heavy atom. The molecule has 1 aliphatic rings. The maximum atomic E-state index is 13.7. The molecule has 0 bridgehead atoms. The number of amides is 1. The van der Waals surface area contributed by atoms with E-state index < -0.39 is 10.0 Å². The number of anilines is 2. The first-order valence-electron chi connectivity index (χ1n) is 13.7. The third-order valence-corrected chi connectivity index (χ3v) is 8.59. The number of sulfonamides is 1. The van der Waals surface area contributed by atoms with Crippen molar-refractivity contribution >= 4 is 27.3 Å². The molecule has 2 atom stereocenters. The average molecular weight is 582 g/mol. The van der Waals surface area contributed by atoms with Gasteiger partial charge in [-0.1, -0.05) is 26.0 Å². The predicted molar refractivity (Wildman–Crippen MR) is 161 cm³/mol. The number of carbonyl (C=O) groups excluding carboxylic acids is 1. The fourth-order valence-corrected chi connectivity index (χ4v) is 6.57. The molecule has 10 heteroatoms. The zero-order valence-electron chi connectivity index (χ0n) is 24.3. The smallest absolute Gasteiger partial charge is 0.263 e. The molecule has 0 saturated carbocycles. The number of methoxy groups -OCH3 is 3. The number of rotatable bonds is 11. The van der Waals surface area contributed by atoms with Gasteiger partial charge >= 0.3 is 0 Å². The van der Waals surface area contributed by atoms with E-state index in [1.807, 2.05) is 23.1 Å². The number of likely N-dealkylation sites (tertiary alicyclic amines) is 1. The molecule has 0 radical (unpaired) electrons. The summed E-state index contributed by atoms with van der Waals surface area (Å²) >= 11 is 0. The molecule has 0 spiro atoms. The summed E-state index contributed by atoms with van der Waals surface area (Å²) in [5.74, 6) is 2.39. The number of benzene rings is 3. The van der Waals surface area contributed by atoms with Crippen LogP contribution in [-0.4, -0.2) is 60.2 Å². The van der Waals surface area contributed by atoms with Gasteiger partial charge in [-0.15, -0.1) is 0 Å². The number of hydrogen-bond acceptors (Lipinski definition) is 7. The van der Waals surface area contributed by atoms with Crippen LogP contribution >= 0.6 is 0 Å². The van der Waals surface area contributed by atoms with Crippen molar-refractivity contribution in [2.75, 3.05) is 51.0 Å². The van der Waals surface area contributed by atoms with Gasteiger partial charge in [0.2, 0.25) is 0 Å². The van der Waals surface area contributed by atoms with E-state index in [-0.39, 0.29) is 10.8 Å². The van der Waals surface area contributed by atoms with Crippen molar-refractivity contribution in [1.29, 1.82) is 0 Å². The van der Waals surface area contributed by atoms with E-state index in [0.717, 1.165) is 12.0 Å². The molecule has 2 N–H and O–H groups in total. The molecule has 41 heavy (non-hydrogen) atoms. The van der Waals surface area contributed by atoms with Crippen LogP contribution in [0.5, 0.6) is 17.2 Å². The minimum Gasteiger partial charge on any atom is -0.497 e. The van der Waals surface area contributed by atoms with Crippen LogP contribution in [0.25, 0.3) is 0 Å². The highest BCUT2D eigenvalue weighted by Gasteiger charge is 2.28. The van der Waals surface area contributed by atoms with Crippen molar-refractivity contribution < 1.29 is 27.4 Å². The maximum Gasteiger partial charge on any atom is 0.263 e. The summed E-state index contributed by atoms with van der Waals surface area (Å²) in [4.78, 5) is 15.3. The van der Waals surface area contributed by atoms with Gasteiger partial charge in [0.25, 0.3) is 15.9 Å². The first-order valence-corrected chi connectivity index (χ1v) is 15.2. The van der Waals surface area contributed by atoms with Gasteiger partial charge in [0.1, 0.15) is 10.6 Å². The molecule has 9 nitrogen and oxygen atoms in total. The molecule has 1 saturated heterocycles. The molecule has 0 unspecified atom stereocenters. The fraction of sp³-hybridized carbons (Fsp3) is 0.387. The molecule has 3 aromatic carbocycles. The van der Waals surface area contributed by atoms with Crippen LogP contribution in [0.1, 0.15) is 36.2 Å². The van der Waals surface area contributed by atoms with Gasteiger partial charge < -0.3 is 24.4 Å². The summed E-state index contributed by atoms with van der Waals surface area (Å²) in [6, 6.07) is 17.2. The van der Waals surface area contributed by atoms with Crippen molar-refractivity contribution in [2.45, 2.75) is 31.6 Å². The van der Waals surface area contributed by atoms with E-state index in [9.17, 15) is 13.2 Å². The predicted octanol–water partition coefficient (Wildman–Crippen LogP) is 5.29. The first-order chi connectivity index (χ1) is 19.6. The Morgan fingerprint density at radius 2 is 1.63 bits per heavy atom. The van der Waals surface area contributed by atoms with Crippen LogP contribution < -0.4 is 24.2 Å². The molecular formula is C31H39N3O6S. The third kappa shape index (κ3) is 7.43. The largest absolute Gasteiger partial charge is 0.497 e. The van der Waals surface area contributed by atoms with E-state index in [2.05, 4.69) is 23.9 Å².